The van der Waals surface area contributed by atoms with Crippen LogP contribution >= 0.6 is 0 Å². The van der Waals surface area contributed by atoms with Crippen molar-refractivity contribution >= 4 is 17.5 Å². The summed E-state index contributed by atoms with van der Waals surface area (Å²) in [6.45, 7) is 0.408. The Morgan fingerprint density at radius 1 is 1.07 bits per heavy atom. The van der Waals surface area contributed by atoms with Gasteiger partial charge in [0, 0.05) is 18.9 Å². The van der Waals surface area contributed by atoms with Crippen LogP contribution in [0.15, 0.2) is 60.9 Å². The normalized spacial score (nSPS) is 24.8. The van der Waals surface area contributed by atoms with Gasteiger partial charge in [0.15, 0.2) is 0 Å². The van der Waals surface area contributed by atoms with Crippen LogP contribution in [0.1, 0.15) is 12.0 Å². The maximum atomic E-state index is 13.1. The SMILES string of the molecule is COc1ccccc1NC(=O)[C@H]1[C@@H](C(=O)NCc2cccnc2)[C@@H]2C=C[C@@H]1C2. The van der Waals surface area contributed by atoms with E-state index in [1.54, 1.807) is 31.6 Å². The number of nitrogens with one attached hydrogen (secondary N) is 2. The van der Waals surface area contributed by atoms with Gasteiger partial charge in [0.25, 0.3) is 0 Å². The lowest BCUT2D eigenvalue weighted by Crippen LogP contribution is -2.41. The first-order valence-electron chi connectivity index (χ1n) is 9.46. The Morgan fingerprint density at radius 3 is 2.54 bits per heavy atom. The summed E-state index contributed by atoms with van der Waals surface area (Å²) in [5.41, 5.74) is 1.56. The van der Waals surface area contributed by atoms with Gasteiger partial charge in [-0.3, -0.25) is 14.6 Å². The highest BCUT2D eigenvalue weighted by molar-refractivity contribution is 5.98. The topological polar surface area (TPSA) is 80.3 Å². The van der Waals surface area contributed by atoms with Crippen molar-refractivity contribution in [1.82, 2.24) is 10.3 Å². The predicted molar refractivity (Wildman–Crippen MR) is 105 cm³/mol. The number of para-hydroxylation sites is 2. The number of carbonyl (C=O) groups is 2. The number of nitrogens with zero attached hydrogens (tertiary/aromatic N) is 1. The molecule has 1 heterocycles. The van der Waals surface area contributed by atoms with Gasteiger partial charge in [0.05, 0.1) is 24.6 Å². The molecule has 0 unspecified atom stereocenters. The molecule has 28 heavy (non-hydrogen) atoms. The fraction of sp³-hybridized carbons (Fsp3) is 0.318. The van der Waals surface area contributed by atoms with Crippen LogP contribution in [0.5, 0.6) is 5.75 Å². The van der Waals surface area contributed by atoms with Crippen molar-refractivity contribution in [1.29, 1.82) is 0 Å². The minimum absolute atomic E-state index is 0.0825. The summed E-state index contributed by atoms with van der Waals surface area (Å²) < 4.78 is 5.32. The fourth-order valence-electron chi connectivity index (χ4n) is 4.31. The van der Waals surface area contributed by atoms with Crippen LogP contribution in [-0.2, 0) is 16.1 Å². The standard InChI is InChI=1S/C22H23N3O3/c1-28-18-7-3-2-6-17(18)25-22(27)20-16-9-8-15(11-16)19(20)21(26)24-13-14-5-4-10-23-12-14/h2-10,12,15-16,19-20H,11,13H2,1H3,(H,24,26)(H,25,27)/t15-,16-,19+,20-/m1/s1. The van der Waals surface area contributed by atoms with Crippen LogP contribution in [0.2, 0.25) is 0 Å². The molecular formula is C22H23N3O3. The molecule has 2 N–H and O–H groups in total. The molecule has 2 amide bonds. The van der Waals surface area contributed by atoms with Crippen LogP contribution in [-0.4, -0.2) is 23.9 Å². The van der Waals surface area contributed by atoms with E-state index in [0.717, 1.165) is 12.0 Å². The number of ether oxygens (including phenoxy) is 1. The molecule has 4 atom stereocenters. The molecule has 0 saturated heterocycles. The molecular weight excluding hydrogens is 354 g/mol. The van der Waals surface area contributed by atoms with Crippen molar-refractivity contribution in [3.05, 3.63) is 66.5 Å². The Bertz CT molecular complexity index is 897. The molecule has 0 radical (unpaired) electrons. The number of benzene rings is 1. The van der Waals surface area contributed by atoms with Gasteiger partial charge in [-0.2, -0.15) is 0 Å². The smallest absolute Gasteiger partial charge is 0.229 e. The first kappa shape index (κ1) is 18.2. The maximum absolute atomic E-state index is 13.1. The van der Waals surface area contributed by atoms with Crippen molar-refractivity contribution in [3.63, 3.8) is 0 Å². The molecule has 0 spiro atoms. The van der Waals surface area contributed by atoms with Crippen molar-refractivity contribution in [2.75, 3.05) is 12.4 Å². The third-order valence-electron chi connectivity index (χ3n) is 5.62. The van der Waals surface area contributed by atoms with Crippen molar-refractivity contribution in [2.45, 2.75) is 13.0 Å². The summed E-state index contributed by atoms with van der Waals surface area (Å²) in [5.74, 6) is -0.160. The number of pyridine rings is 1. The van der Waals surface area contributed by atoms with E-state index in [0.29, 0.717) is 18.0 Å². The summed E-state index contributed by atoms with van der Waals surface area (Å²) >= 11 is 0. The number of anilines is 1. The van der Waals surface area contributed by atoms with E-state index in [-0.39, 0.29) is 35.5 Å². The van der Waals surface area contributed by atoms with Gasteiger partial charge >= 0.3 is 0 Å². The lowest BCUT2D eigenvalue weighted by molar-refractivity contribution is -0.133. The quantitative estimate of drug-likeness (QED) is 0.759. The first-order valence-corrected chi connectivity index (χ1v) is 9.46. The summed E-state index contributed by atoms with van der Waals surface area (Å²) in [5, 5.41) is 5.94. The zero-order valence-electron chi connectivity index (χ0n) is 15.7. The minimum Gasteiger partial charge on any atom is -0.495 e. The zero-order chi connectivity index (χ0) is 19.5. The van der Waals surface area contributed by atoms with Crippen molar-refractivity contribution in [3.8, 4) is 5.75 Å². The third-order valence-corrected chi connectivity index (χ3v) is 5.62. The number of fused-ring (bicyclic) bond motifs is 2. The van der Waals surface area contributed by atoms with Crippen LogP contribution in [0, 0.1) is 23.7 Å². The molecule has 2 aliphatic rings. The van der Waals surface area contributed by atoms with E-state index in [2.05, 4.69) is 27.8 Å². The van der Waals surface area contributed by atoms with Crippen molar-refractivity contribution < 1.29 is 14.3 Å². The van der Waals surface area contributed by atoms with E-state index in [4.69, 9.17) is 4.74 Å². The molecule has 1 aromatic heterocycles. The van der Waals surface area contributed by atoms with Crippen LogP contribution in [0.3, 0.4) is 0 Å². The molecule has 2 bridgehead atoms. The molecule has 2 aliphatic carbocycles. The Hall–Kier alpha value is -3.15. The predicted octanol–water partition coefficient (Wildman–Crippen LogP) is 2.78. The largest absolute Gasteiger partial charge is 0.495 e. The summed E-state index contributed by atoms with van der Waals surface area (Å²) in [7, 11) is 1.57. The van der Waals surface area contributed by atoms with Gasteiger partial charge in [-0.25, -0.2) is 0 Å². The zero-order valence-corrected chi connectivity index (χ0v) is 15.7. The molecule has 6 nitrogen and oxygen atoms in total. The highest BCUT2D eigenvalue weighted by Crippen LogP contribution is 2.48. The average molecular weight is 377 g/mol. The van der Waals surface area contributed by atoms with E-state index in [1.165, 1.54) is 0 Å². The molecule has 144 valence electrons. The molecule has 0 aliphatic heterocycles. The number of rotatable bonds is 6. The fourth-order valence-corrected chi connectivity index (χ4v) is 4.31. The number of hydrogen-bond donors (Lipinski definition) is 2. The van der Waals surface area contributed by atoms with Gasteiger partial charge in [-0.15, -0.1) is 0 Å². The summed E-state index contributed by atoms with van der Waals surface area (Å²) in [6.07, 6.45) is 8.42. The van der Waals surface area contributed by atoms with Gasteiger partial charge < -0.3 is 15.4 Å². The molecule has 2 aromatic rings. The Labute approximate surface area is 164 Å². The molecule has 6 heteroatoms. The summed E-state index contributed by atoms with van der Waals surface area (Å²) in [6, 6.07) is 11.1. The third kappa shape index (κ3) is 3.50. The number of amides is 2. The van der Waals surface area contributed by atoms with Crippen molar-refractivity contribution in [2.24, 2.45) is 23.7 Å². The van der Waals surface area contributed by atoms with Gasteiger partial charge in [0.1, 0.15) is 5.75 Å². The molecule has 4 rings (SSSR count). The lowest BCUT2D eigenvalue weighted by atomic mass is 9.81. The Kier molecular flexibility index (Phi) is 5.10. The van der Waals surface area contributed by atoms with Gasteiger partial charge in [-0.05, 0) is 42.0 Å². The highest BCUT2D eigenvalue weighted by Gasteiger charge is 2.51. The number of carbonyl (C=O) groups excluding carboxylic acids is 2. The number of allylic oxidation sites excluding steroid dienone is 2. The molecule has 1 aromatic carbocycles. The second-order valence-electron chi connectivity index (χ2n) is 7.27. The minimum atomic E-state index is -0.381. The monoisotopic (exact) mass is 377 g/mol. The van der Waals surface area contributed by atoms with Crippen LogP contribution in [0.4, 0.5) is 5.69 Å². The van der Waals surface area contributed by atoms with Crippen LogP contribution < -0.4 is 15.4 Å². The second kappa shape index (κ2) is 7.84. The first-order chi connectivity index (χ1) is 13.7. The van der Waals surface area contributed by atoms with E-state index >= 15 is 0 Å². The van der Waals surface area contributed by atoms with Crippen LogP contribution in [0.25, 0.3) is 0 Å². The second-order valence-corrected chi connectivity index (χ2v) is 7.27. The Morgan fingerprint density at radius 2 is 1.82 bits per heavy atom. The Balaban J connectivity index is 1.48. The van der Waals surface area contributed by atoms with Gasteiger partial charge in [-0.1, -0.05) is 30.4 Å². The van der Waals surface area contributed by atoms with E-state index < -0.39 is 0 Å². The molecule has 1 saturated carbocycles. The van der Waals surface area contributed by atoms with E-state index in [1.807, 2.05) is 24.3 Å². The van der Waals surface area contributed by atoms with Gasteiger partial charge in [0.2, 0.25) is 11.8 Å². The lowest BCUT2D eigenvalue weighted by Gasteiger charge is -2.26. The number of methoxy groups -OCH3 is 1. The summed E-state index contributed by atoms with van der Waals surface area (Å²) in [4.78, 5) is 30.1. The molecule has 1 fully saturated rings. The highest BCUT2D eigenvalue weighted by atomic mass is 16.5. The average Bonchev–Trinajstić information content (AvgIpc) is 3.35. The number of aromatic nitrogens is 1. The maximum Gasteiger partial charge on any atom is 0.229 e. The number of hydrogen-bond acceptors (Lipinski definition) is 4. The van der Waals surface area contributed by atoms with E-state index in [9.17, 15) is 9.59 Å².